The first-order valence-electron chi connectivity index (χ1n) is 10.2. The monoisotopic (exact) mass is 382 g/mol. The van der Waals surface area contributed by atoms with Gasteiger partial charge >= 0.3 is 0 Å². The van der Waals surface area contributed by atoms with Crippen molar-refractivity contribution in [3.05, 3.63) is 59.4 Å². The van der Waals surface area contributed by atoms with Gasteiger partial charge in [0.05, 0.1) is 6.61 Å². The van der Waals surface area contributed by atoms with Gasteiger partial charge in [-0.15, -0.1) is 0 Å². The smallest absolute Gasteiger partial charge is 0.123 e. The molecule has 0 spiro atoms. The van der Waals surface area contributed by atoms with Crippen molar-refractivity contribution >= 4 is 0 Å². The summed E-state index contributed by atoms with van der Waals surface area (Å²) in [6, 6.07) is 10.8. The molecule has 0 bridgehead atoms. The summed E-state index contributed by atoms with van der Waals surface area (Å²) in [5.41, 5.74) is 3.86. The van der Waals surface area contributed by atoms with Gasteiger partial charge in [-0.3, -0.25) is 19.7 Å². The number of fused-ring (bicyclic) bond motifs is 1. The molecule has 2 aromatic rings. The minimum Gasteiger partial charge on any atom is -0.492 e. The third kappa shape index (κ3) is 5.08. The lowest BCUT2D eigenvalue weighted by atomic mass is 10.1. The quantitative estimate of drug-likeness (QED) is 0.819. The average molecular weight is 383 g/mol. The fourth-order valence-corrected chi connectivity index (χ4v) is 4.06. The lowest BCUT2D eigenvalue weighted by molar-refractivity contribution is 0.108. The number of aliphatic hydroxyl groups excluding tert-OH is 1. The topological polar surface area (TPSA) is 52.1 Å². The van der Waals surface area contributed by atoms with Crippen molar-refractivity contribution in [1.29, 1.82) is 0 Å². The van der Waals surface area contributed by atoms with Gasteiger partial charge in [0, 0.05) is 76.9 Å². The molecule has 1 aromatic heterocycles. The van der Waals surface area contributed by atoms with Crippen LogP contribution in [0.1, 0.15) is 16.7 Å². The number of piperazine rings is 1. The summed E-state index contributed by atoms with van der Waals surface area (Å²) >= 11 is 0. The second-order valence-electron chi connectivity index (χ2n) is 7.70. The molecule has 6 heteroatoms. The van der Waals surface area contributed by atoms with Crippen LogP contribution < -0.4 is 4.74 Å². The Labute approximate surface area is 167 Å². The van der Waals surface area contributed by atoms with Crippen molar-refractivity contribution in [3.8, 4) is 5.75 Å². The third-order valence-corrected chi connectivity index (χ3v) is 5.60. The molecule has 0 saturated carbocycles. The number of benzene rings is 1. The van der Waals surface area contributed by atoms with Crippen LogP contribution in [0.2, 0.25) is 0 Å². The fourth-order valence-electron chi connectivity index (χ4n) is 4.06. The molecule has 0 aliphatic carbocycles. The van der Waals surface area contributed by atoms with E-state index in [-0.39, 0.29) is 6.61 Å². The molecule has 1 aromatic carbocycles. The Balaban J connectivity index is 1.38. The molecule has 3 heterocycles. The van der Waals surface area contributed by atoms with Gasteiger partial charge in [-0.25, -0.2) is 0 Å². The van der Waals surface area contributed by atoms with Crippen LogP contribution in [0.25, 0.3) is 0 Å². The molecule has 1 fully saturated rings. The van der Waals surface area contributed by atoms with Crippen molar-refractivity contribution in [2.75, 3.05) is 52.5 Å². The molecule has 4 rings (SSSR count). The standard InChI is InChI=1S/C22H30N4O2/c27-12-10-24-6-8-25(9-7-24)16-19-3-4-22-21(14-19)18-26(11-13-28-22)17-20-2-1-5-23-15-20/h1-5,14-15,27H,6-13,16-18H2. The highest BCUT2D eigenvalue weighted by Gasteiger charge is 2.19. The molecule has 0 radical (unpaired) electrons. The predicted octanol–water partition coefficient (Wildman–Crippen LogP) is 1.59. The molecular formula is C22H30N4O2. The molecule has 2 aliphatic heterocycles. The van der Waals surface area contributed by atoms with Crippen LogP contribution in [0.5, 0.6) is 5.75 Å². The van der Waals surface area contributed by atoms with E-state index < -0.39 is 0 Å². The fraction of sp³-hybridized carbons (Fsp3) is 0.500. The summed E-state index contributed by atoms with van der Waals surface area (Å²) in [5, 5.41) is 9.10. The molecule has 6 nitrogen and oxygen atoms in total. The van der Waals surface area contributed by atoms with Gasteiger partial charge in [0.1, 0.15) is 12.4 Å². The summed E-state index contributed by atoms with van der Waals surface area (Å²) < 4.78 is 6.00. The van der Waals surface area contributed by atoms with Gasteiger partial charge in [-0.05, 0) is 29.3 Å². The predicted molar refractivity (Wildman–Crippen MR) is 109 cm³/mol. The van der Waals surface area contributed by atoms with Crippen LogP contribution >= 0.6 is 0 Å². The Bertz CT molecular complexity index is 747. The van der Waals surface area contributed by atoms with E-state index in [1.165, 1.54) is 16.7 Å². The lowest BCUT2D eigenvalue weighted by Gasteiger charge is -2.34. The number of nitrogens with zero attached hydrogens (tertiary/aromatic N) is 4. The molecule has 1 N–H and O–H groups in total. The van der Waals surface area contributed by atoms with Gasteiger partial charge < -0.3 is 9.84 Å². The number of hydrogen-bond donors (Lipinski definition) is 1. The van der Waals surface area contributed by atoms with E-state index in [9.17, 15) is 0 Å². The van der Waals surface area contributed by atoms with Crippen molar-refractivity contribution in [2.45, 2.75) is 19.6 Å². The number of pyridine rings is 1. The summed E-state index contributed by atoms with van der Waals surface area (Å²) in [7, 11) is 0. The lowest BCUT2D eigenvalue weighted by Crippen LogP contribution is -2.46. The Morgan fingerprint density at radius 3 is 2.54 bits per heavy atom. The van der Waals surface area contributed by atoms with Crippen LogP contribution in [-0.4, -0.2) is 77.3 Å². The Hall–Kier alpha value is -1.99. The van der Waals surface area contributed by atoms with E-state index in [0.717, 1.165) is 71.3 Å². The molecule has 0 unspecified atom stereocenters. The van der Waals surface area contributed by atoms with Gasteiger partial charge in [-0.2, -0.15) is 0 Å². The molecule has 1 saturated heterocycles. The van der Waals surface area contributed by atoms with Gasteiger partial charge in [0.15, 0.2) is 0 Å². The van der Waals surface area contributed by atoms with E-state index in [1.807, 2.05) is 18.5 Å². The molecule has 2 aliphatic rings. The Kier molecular flexibility index (Phi) is 6.54. The van der Waals surface area contributed by atoms with Crippen molar-refractivity contribution in [2.24, 2.45) is 0 Å². The maximum Gasteiger partial charge on any atom is 0.123 e. The zero-order valence-electron chi connectivity index (χ0n) is 16.5. The van der Waals surface area contributed by atoms with Crippen LogP contribution in [0.4, 0.5) is 0 Å². The third-order valence-electron chi connectivity index (χ3n) is 5.60. The number of hydrogen-bond acceptors (Lipinski definition) is 6. The second kappa shape index (κ2) is 9.47. The highest BCUT2D eigenvalue weighted by molar-refractivity contribution is 5.38. The summed E-state index contributed by atoms with van der Waals surface area (Å²) in [6.07, 6.45) is 3.76. The molecule has 150 valence electrons. The van der Waals surface area contributed by atoms with Crippen LogP contribution in [-0.2, 0) is 19.6 Å². The summed E-state index contributed by atoms with van der Waals surface area (Å²) in [5.74, 6) is 1.02. The Morgan fingerprint density at radius 2 is 1.75 bits per heavy atom. The first-order valence-corrected chi connectivity index (χ1v) is 10.2. The first-order chi connectivity index (χ1) is 13.8. The van der Waals surface area contributed by atoms with Crippen LogP contribution in [0, 0.1) is 0 Å². The number of ether oxygens (including phenoxy) is 1. The number of aromatic nitrogens is 1. The van der Waals surface area contributed by atoms with E-state index in [0.29, 0.717) is 0 Å². The minimum atomic E-state index is 0.250. The van der Waals surface area contributed by atoms with E-state index in [1.54, 1.807) is 0 Å². The Morgan fingerprint density at radius 1 is 0.929 bits per heavy atom. The number of rotatable bonds is 6. The van der Waals surface area contributed by atoms with E-state index in [2.05, 4.69) is 43.9 Å². The molecule has 28 heavy (non-hydrogen) atoms. The van der Waals surface area contributed by atoms with Gasteiger partial charge in [0.25, 0.3) is 0 Å². The van der Waals surface area contributed by atoms with Crippen LogP contribution in [0.3, 0.4) is 0 Å². The van der Waals surface area contributed by atoms with E-state index in [4.69, 9.17) is 9.84 Å². The first kappa shape index (κ1) is 19.3. The zero-order chi connectivity index (χ0) is 19.2. The number of aliphatic hydroxyl groups is 1. The minimum absolute atomic E-state index is 0.250. The average Bonchev–Trinajstić information content (AvgIpc) is 2.92. The van der Waals surface area contributed by atoms with Crippen LogP contribution in [0.15, 0.2) is 42.7 Å². The normalized spacial score (nSPS) is 19.0. The SMILES string of the molecule is OCCN1CCN(Cc2ccc3c(c2)CN(Cc2cccnc2)CCO3)CC1. The molecule has 0 atom stereocenters. The van der Waals surface area contributed by atoms with Gasteiger partial charge in [-0.1, -0.05) is 12.1 Å². The molecule has 0 amide bonds. The highest BCUT2D eigenvalue weighted by atomic mass is 16.5. The highest BCUT2D eigenvalue weighted by Crippen LogP contribution is 2.26. The summed E-state index contributed by atoms with van der Waals surface area (Å²) in [6.45, 7) is 9.64. The van der Waals surface area contributed by atoms with Crippen molar-refractivity contribution in [3.63, 3.8) is 0 Å². The largest absolute Gasteiger partial charge is 0.492 e. The van der Waals surface area contributed by atoms with E-state index >= 15 is 0 Å². The molecular weight excluding hydrogens is 352 g/mol. The second-order valence-corrected chi connectivity index (χ2v) is 7.70. The summed E-state index contributed by atoms with van der Waals surface area (Å²) in [4.78, 5) is 11.5. The zero-order valence-corrected chi connectivity index (χ0v) is 16.5. The van der Waals surface area contributed by atoms with Crippen molar-refractivity contribution < 1.29 is 9.84 Å². The maximum atomic E-state index is 9.10. The maximum absolute atomic E-state index is 9.10. The number of β-amino-alcohol motifs (C(OH)–C–C–N with tert-alkyl or cyclic N) is 1. The van der Waals surface area contributed by atoms with Crippen molar-refractivity contribution in [1.82, 2.24) is 19.7 Å². The van der Waals surface area contributed by atoms with Gasteiger partial charge in [0.2, 0.25) is 0 Å².